The molecule has 0 aliphatic carbocycles. The maximum atomic E-state index is 12.4. The summed E-state index contributed by atoms with van der Waals surface area (Å²) in [5, 5.41) is 23.1. The monoisotopic (exact) mass is 930 g/mol. The van der Waals surface area contributed by atoms with Crippen molar-refractivity contribution in [1.29, 1.82) is 0 Å². The van der Waals surface area contributed by atoms with Crippen molar-refractivity contribution in [3.05, 3.63) is 24.3 Å². The molecule has 6 heteroatoms. The lowest BCUT2D eigenvalue weighted by Crippen LogP contribution is -2.45. The van der Waals surface area contributed by atoms with Gasteiger partial charge in [-0.2, -0.15) is 0 Å². The second-order valence-electron chi connectivity index (χ2n) is 20.3. The van der Waals surface area contributed by atoms with Crippen LogP contribution in [0.3, 0.4) is 0 Å². The Morgan fingerprint density at radius 3 is 1.08 bits per heavy atom. The molecule has 0 radical (unpaired) electrons. The van der Waals surface area contributed by atoms with Crippen molar-refractivity contribution in [2.45, 2.75) is 334 Å². The third kappa shape index (κ3) is 51.7. The number of unbranched alkanes of at least 4 members (excludes halogenated alkanes) is 42. The molecule has 0 aromatic rings. The molecule has 0 rings (SSSR count). The minimum absolute atomic E-state index is 0.0127. The van der Waals surface area contributed by atoms with Crippen LogP contribution in [-0.2, 0) is 14.3 Å². The zero-order chi connectivity index (χ0) is 47.9. The van der Waals surface area contributed by atoms with E-state index in [1.807, 2.05) is 6.08 Å². The molecule has 6 nitrogen and oxygen atoms in total. The van der Waals surface area contributed by atoms with Crippen LogP contribution >= 0.6 is 0 Å². The summed E-state index contributed by atoms with van der Waals surface area (Å²) in [6, 6.07) is -0.629. The Bertz CT molecular complexity index is 1030. The average molecular weight is 931 g/mol. The van der Waals surface area contributed by atoms with Crippen molar-refractivity contribution in [3.63, 3.8) is 0 Å². The Kier molecular flexibility index (Phi) is 54.5. The lowest BCUT2D eigenvalue weighted by molar-refractivity contribution is -0.143. The first-order valence-electron chi connectivity index (χ1n) is 29.6. The number of carbonyl (C=O) groups excluding carboxylic acids is 2. The van der Waals surface area contributed by atoms with Crippen molar-refractivity contribution in [3.8, 4) is 0 Å². The van der Waals surface area contributed by atoms with Crippen LogP contribution in [-0.4, -0.2) is 47.4 Å². The second-order valence-corrected chi connectivity index (χ2v) is 20.3. The van der Waals surface area contributed by atoms with Gasteiger partial charge in [-0.1, -0.05) is 276 Å². The summed E-state index contributed by atoms with van der Waals surface area (Å²) in [6.45, 7) is 4.90. The molecule has 0 spiro atoms. The number of carbonyl (C=O) groups is 2. The van der Waals surface area contributed by atoms with Crippen molar-refractivity contribution in [1.82, 2.24) is 5.32 Å². The minimum atomic E-state index is -0.845. The highest BCUT2D eigenvalue weighted by molar-refractivity contribution is 5.76. The predicted octanol–water partition coefficient (Wildman–Crippen LogP) is 18.2. The molecule has 2 atom stereocenters. The van der Waals surface area contributed by atoms with Gasteiger partial charge in [0.15, 0.2) is 0 Å². The number of rotatable bonds is 55. The number of hydrogen-bond donors (Lipinski definition) is 3. The molecular weight excluding hydrogens is 815 g/mol. The van der Waals surface area contributed by atoms with Crippen molar-refractivity contribution >= 4 is 11.9 Å². The number of ether oxygens (including phenoxy) is 1. The van der Waals surface area contributed by atoms with E-state index in [0.29, 0.717) is 19.4 Å². The number of hydrogen-bond acceptors (Lipinski definition) is 5. The van der Waals surface area contributed by atoms with E-state index in [9.17, 15) is 19.8 Å². The quantitative estimate of drug-likeness (QED) is 0.0321. The van der Waals surface area contributed by atoms with Gasteiger partial charge in [-0.15, -0.1) is 0 Å². The highest BCUT2D eigenvalue weighted by Gasteiger charge is 2.18. The Hall–Kier alpha value is -1.66. The summed E-state index contributed by atoms with van der Waals surface area (Å²) in [5.41, 5.74) is 0. The number of allylic oxidation sites excluding steroid dienone is 3. The van der Waals surface area contributed by atoms with Crippen LogP contribution in [0.25, 0.3) is 0 Å². The summed E-state index contributed by atoms with van der Waals surface area (Å²) in [6.07, 6.45) is 67.8. The molecule has 66 heavy (non-hydrogen) atoms. The van der Waals surface area contributed by atoms with Crippen LogP contribution in [0.5, 0.6) is 0 Å². The van der Waals surface area contributed by atoms with E-state index < -0.39 is 12.1 Å². The molecule has 2 unspecified atom stereocenters. The van der Waals surface area contributed by atoms with E-state index in [0.717, 1.165) is 38.5 Å². The molecule has 0 aliphatic rings. The van der Waals surface area contributed by atoms with E-state index in [1.165, 1.54) is 257 Å². The Balaban J connectivity index is 3.41. The van der Waals surface area contributed by atoms with E-state index in [2.05, 4.69) is 31.3 Å². The number of aliphatic hydroxyl groups is 2. The van der Waals surface area contributed by atoms with E-state index in [4.69, 9.17) is 4.74 Å². The summed E-state index contributed by atoms with van der Waals surface area (Å²) in [7, 11) is 0. The molecule has 0 saturated heterocycles. The van der Waals surface area contributed by atoms with Crippen molar-refractivity contribution in [2.75, 3.05) is 13.2 Å². The normalized spacial score (nSPS) is 12.7. The summed E-state index contributed by atoms with van der Waals surface area (Å²) in [5.74, 6) is -0.0578. The smallest absolute Gasteiger partial charge is 0.305 e. The fraction of sp³-hybridized carbons (Fsp3) is 0.900. The maximum Gasteiger partial charge on any atom is 0.305 e. The summed E-state index contributed by atoms with van der Waals surface area (Å²) >= 11 is 0. The van der Waals surface area contributed by atoms with Gasteiger partial charge in [0.25, 0.3) is 0 Å². The molecule has 390 valence electrons. The van der Waals surface area contributed by atoms with Gasteiger partial charge in [0.05, 0.1) is 25.4 Å². The van der Waals surface area contributed by atoms with E-state index in [1.54, 1.807) is 6.08 Å². The standard InChI is InChI=1S/C60H115NO5/c1-3-5-7-9-11-13-15-29-33-36-40-44-48-52-58(63)57(56-62)61-59(64)53-49-45-41-37-34-30-27-25-23-21-19-17-16-18-20-22-24-26-28-31-35-39-43-47-51-55-66-60(65)54-50-46-42-38-32-14-12-10-8-6-4-2/h17,19,48,52,57-58,62-63H,3-16,18,20-47,49-51,53-56H2,1-2H3,(H,61,64)/b19-17-,52-48+. The molecule has 0 saturated carbocycles. The number of amides is 1. The fourth-order valence-electron chi connectivity index (χ4n) is 9.16. The molecule has 0 aliphatic heterocycles. The number of nitrogens with one attached hydrogen (secondary N) is 1. The van der Waals surface area contributed by atoms with Gasteiger partial charge in [0.1, 0.15) is 0 Å². The van der Waals surface area contributed by atoms with Crippen LogP contribution in [0.15, 0.2) is 24.3 Å². The molecule has 3 N–H and O–H groups in total. The van der Waals surface area contributed by atoms with Crippen molar-refractivity contribution in [2.24, 2.45) is 0 Å². The predicted molar refractivity (Wildman–Crippen MR) is 287 cm³/mol. The first kappa shape index (κ1) is 64.3. The van der Waals surface area contributed by atoms with Gasteiger partial charge in [0, 0.05) is 12.8 Å². The Labute approximate surface area is 411 Å². The molecule has 0 aromatic carbocycles. The summed E-state index contributed by atoms with van der Waals surface area (Å²) in [4.78, 5) is 24.4. The van der Waals surface area contributed by atoms with Crippen LogP contribution in [0.4, 0.5) is 0 Å². The SMILES string of the molecule is CCCCCCCCCCCCC/C=C/C(O)C(CO)NC(=O)CCCCCCCCCCC/C=C\CCCCCCCCCCCCCCOC(=O)CCCCCCCCCCCCC. The van der Waals surface area contributed by atoms with Gasteiger partial charge in [0.2, 0.25) is 5.91 Å². The molecule has 0 heterocycles. The molecule has 1 amide bonds. The third-order valence-electron chi connectivity index (χ3n) is 13.7. The van der Waals surface area contributed by atoms with Gasteiger partial charge in [-0.05, 0) is 57.8 Å². The third-order valence-corrected chi connectivity index (χ3v) is 13.7. The number of aliphatic hydroxyl groups excluding tert-OH is 2. The van der Waals surface area contributed by atoms with Gasteiger partial charge >= 0.3 is 5.97 Å². The molecule has 0 fully saturated rings. The van der Waals surface area contributed by atoms with Gasteiger partial charge in [-0.25, -0.2) is 0 Å². The maximum absolute atomic E-state index is 12.4. The fourth-order valence-corrected chi connectivity index (χ4v) is 9.16. The van der Waals surface area contributed by atoms with Crippen LogP contribution in [0, 0.1) is 0 Å². The molecular formula is C60H115NO5. The Morgan fingerprint density at radius 2 is 0.712 bits per heavy atom. The zero-order valence-electron chi connectivity index (χ0n) is 44.4. The lowest BCUT2D eigenvalue weighted by Gasteiger charge is -2.20. The molecule has 0 bridgehead atoms. The highest BCUT2D eigenvalue weighted by Crippen LogP contribution is 2.17. The average Bonchev–Trinajstić information content (AvgIpc) is 3.32. The topological polar surface area (TPSA) is 95.9 Å². The van der Waals surface area contributed by atoms with Crippen LogP contribution < -0.4 is 5.32 Å². The summed E-state index contributed by atoms with van der Waals surface area (Å²) < 4.78 is 5.46. The first-order chi connectivity index (χ1) is 32.5. The first-order valence-corrected chi connectivity index (χ1v) is 29.6. The highest BCUT2D eigenvalue weighted by atomic mass is 16.5. The number of esters is 1. The van der Waals surface area contributed by atoms with Gasteiger partial charge < -0.3 is 20.3 Å². The van der Waals surface area contributed by atoms with E-state index in [-0.39, 0.29) is 18.5 Å². The zero-order valence-corrected chi connectivity index (χ0v) is 44.4. The largest absolute Gasteiger partial charge is 0.466 e. The van der Waals surface area contributed by atoms with Crippen LogP contribution in [0.1, 0.15) is 322 Å². The molecule has 0 aromatic heterocycles. The van der Waals surface area contributed by atoms with E-state index >= 15 is 0 Å². The van der Waals surface area contributed by atoms with Gasteiger partial charge in [-0.3, -0.25) is 9.59 Å². The van der Waals surface area contributed by atoms with Crippen molar-refractivity contribution < 1.29 is 24.5 Å². The Morgan fingerprint density at radius 1 is 0.409 bits per heavy atom. The lowest BCUT2D eigenvalue weighted by atomic mass is 10.0. The minimum Gasteiger partial charge on any atom is -0.466 e. The second kappa shape index (κ2) is 55.9. The van der Waals surface area contributed by atoms with Crippen LogP contribution in [0.2, 0.25) is 0 Å².